The quantitative estimate of drug-likeness (QED) is 0.658. The monoisotopic (exact) mass is 210 g/mol. The lowest BCUT2D eigenvalue weighted by atomic mass is 10.1. The second kappa shape index (κ2) is 4.08. The molecule has 80 valence electrons. The van der Waals surface area contributed by atoms with E-state index in [-0.39, 0.29) is 0 Å². The van der Waals surface area contributed by atoms with Gasteiger partial charge in [-0.3, -0.25) is 9.59 Å². The van der Waals surface area contributed by atoms with Crippen LogP contribution in [0.15, 0.2) is 0 Å². The van der Waals surface area contributed by atoms with Gasteiger partial charge >= 0.3 is 6.18 Å². The predicted molar refractivity (Wildman–Crippen MR) is 39.7 cm³/mol. The van der Waals surface area contributed by atoms with Gasteiger partial charge in [-0.1, -0.05) is 0 Å². The van der Waals surface area contributed by atoms with Gasteiger partial charge in [-0.2, -0.15) is 13.2 Å². The maximum absolute atomic E-state index is 11.8. The Morgan fingerprint density at radius 1 is 1.36 bits per heavy atom. The minimum atomic E-state index is -4.92. The SMILES string of the molecule is O=C(CC(=O)C(F)(F)F)C1CCCO1. The molecule has 0 spiro atoms. The zero-order valence-electron chi connectivity index (χ0n) is 7.26. The Bertz CT molecular complexity index is 241. The van der Waals surface area contributed by atoms with Crippen LogP contribution >= 0.6 is 0 Å². The minimum Gasteiger partial charge on any atom is -0.370 e. The zero-order chi connectivity index (χ0) is 10.8. The summed E-state index contributed by atoms with van der Waals surface area (Å²) in [5, 5.41) is 0. The van der Waals surface area contributed by atoms with E-state index in [1.54, 1.807) is 0 Å². The van der Waals surface area contributed by atoms with Crippen molar-refractivity contribution in [3.8, 4) is 0 Å². The number of rotatable bonds is 3. The summed E-state index contributed by atoms with van der Waals surface area (Å²) in [5.74, 6) is -2.78. The van der Waals surface area contributed by atoms with Gasteiger partial charge in [-0.15, -0.1) is 0 Å². The molecule has 0 aliphatic carbocycles. The van der Waals surface area contributed by atoms with E-state index in [0.29, 0.717) is 19.4 Å². The number of ketones is 2. The third-order valence-corrected chi connectivity index (χ3v) is 1.94. The van der Waals surface area contributed by atoms with Crippen LogP contribution in [0.3, 0.4) is 0 Å². The van der Waals surface area contributed by atoms with E-state index in [1.807, 2.05) is 0 Å². The first-order chi connectivity index (χ1) is 6.41. The van der Waals surface area contributed by atoms with E-state index < -0.39 is 30.3 Å². The Morgan fingerprint density at radius 2 is 2.00 bits per heavy atom. The summed E-state index contributed by atoms with van der Waals surface area (Å²) in [6, 6.07) is 0. The highest BCUT2D eigenvalue weighted by Gasteiger charge is 2.40. The molecule has 14 heavy (non-hydrogen) atoms. The van der Waals surface area contributed by atoms with Gasteiger partial charge in [0.1, 0.15) is 6.10 Å². The van der Waals surface area contributed by atoms with Crippen molar-refractivity contribution in [1.29, 1.82) is 0 Å². The smallest absolute Gasteiger partial charge is 0.370 e. The molecule has 1 atom stereocenters. The third kappa shape index (κ3) is 2.80. The number of carbonyl (C=O) groups excluding carboxylic acids is 2. The number of halogens is 3. The first-order valence-corrected chi connectivity index (χ1v) is 4.15. The normalized spacial score (nSPS) is 22.4. The third-order valence-electron chi connectivity index (χ3n) is 1.94. The Morgan fingerprint density at radius 3 is 2.43 bits per heavy atom. The molecule has 0 bridgehead atoms. The average molecular weight is 210 g/mol. The first kappa shape index (κ1) is 11.2. The molecule has 1 rings (SSSR count). The molecule has 0 aromatic carbocycles. The average Bonchev–Trinajstić information content (AvgIpc) is 2.53. The predicted octanol–water partition coefficient (Wildman–Crippen LogP) is 1.26. The van der Waals surface area contributed by atoms with Crippen LogP contribution in [0.1, 0.15) is 19.3 Å². The molecule has 0 aromatic rings. The zero-order valence-corrected chi connectivity index (χ0v) is 7.26. The number of hydrogen-bond donors (Lipinski definition) is 0. The molecular formula is C8H9F3O3. The van der Waals surface area contributed by atoms with Crippen molar-refractivity contribution in [2.24, 2.45) is 0 Å². The standard InChI is InChI=1S/C8H9F3O3/c9-8(10,11)7(13)4-5(12)6-2-1-3-14-6/h6H,1-4H2. The molecule has 0 radical (unpaired) electrons. The van der Waals surface area contributed by atoms with E-state index in [4.69, 9.17) is 4.74 Å². The van der Waals surface area contributed by atoms with Gasteiger partial charge in [0.2, 0.25) is 5.78 Å². The van der Waals surface area contributed by atoms with Crippen molar-refractivity contribution in [2.75, 3.05) is 6.61 Å². The van der Waals surface area contributed by atoms with Crippen LogP contribution in [0.25, 0.3) is 0 Å². The van der Waals surface area contributed by atoms with Gasteiger partial charge in [0.25, 0.3) is 0 Å². The molecule has 0 aromatic heterocycles. The lowest BCUT2D eigenvalue weighted by molar-refractivity contribution is -0.172. The highest BCUT2D eigenvalue weighted by Crippen LogP contribution is 2.20. The van der Waals surface area contributed by atoms with Crippen LogP contribution in [0.2, 0.25) is 0 Å². The number of alkyl halides is 3. The molecule has 1 aliphatic heterocycles. The number of ether oxygens (including phenoxy) is 1. The lowest BCUT2D eigenvalue weighted by Crippen LogP contribution is -2.30. The molecule has 1 saturated heterocycles. The summed E-state index contributed by atoms with van der Waals surface area (Å²) in [6.07, 6.45) is -5.79. The molecule has 6 heteroatoms. The van der Waals surface area contributed by atoms with Crippen molar-refractivity contribution >= 4 is 11.6 Å². The summed E-state index contributed by atoms with van der Waals surface area (Å²) < 4.78 is 40.1. The van der Waals surface area contributed by atoms with Gasteiger partial charge in [-0.25, -0.2) is 0 Å². The summed E-state index contributed by atoms with van der Waals surface area (Å²) in [7, 11) is 0. The van der Waals surface area contributed by atoms with E-state index in [1.165, 1.54) is 0 Å². The topological polar surface area (TPSA) is 43.4 Å². The van der Waals surface area contributed by atoms with Gasteiger partial charge in [0.05, 0.1) is 6.42 Å². The van der Waals surface area contributed by atoms with Crippen LogP contribution in [0.5, 0.6) is 0 Å². The largest absolute Gasteiger partial charge is 0.450 e. The molecule has 3 nitrogen and oxygen atoms in total. The second-order valence-electron chi connectivity index (χ2n) is 3.07. The summed E-state index contributed by atoms with van der Waals surface area (Å²) in [6.45, 7) is 0.372. The Kier molecular flexibility index (Phi) is 3.25. The number of hydrogen-bond acceptors (Lipinski definition) is 3. The molecule has 0 saturated carbocycles. The van der Waals surface area contributed by atoms with Crippen LogP contribution in [0, 0.1) is 0 Å². The van der Waals surface area contributed by atoms with Gasteiger partial charge in [0, 0.05) is 6.61 Å². The summed E-state index contributed by atoms with van der Waals surface area (Å²) in [4.78, 5) is 21.5. The van der Waals surface area contributed by atoms with E-state index >= 15 is 0 Å². The Hall–Kier alpha value is -0.910. The van der Waals surface area contributed by atoms with E-state index in [2.05, 4.69) is 0 Å². The molecule has 1 heterocycles. The Balaban J connectivity index is 2.44. The van der Waals surface area contributed by atoms with Crippen molar-refractivity contribution in [2.45, 2.75) is 31.5 Å². The molecule has 1 fully saturated rings. The van der Waals surface area contributed by atoms with Crippen molar-refractivity contribution in [3.63, 3.8) is 0 Å². The maximum Gasteiger partial charge on any atom is 0.450 e. The van der Waals surface area contributed by atoms with Gasteiger partial charge < -0.3 is 4.74 Å². The van der Waals surface area contributed by atoms with Crippen LogP contribution < -0.4 is 0 Å². The number of Topliss-reactive ketones (excluding diaryl/α,β-unsaturated/α-hetero) is 2. The molecule has 0 amide bonds. The summed E-state index contributed by atoms with van der Waals surface area (Å²) in [5.41, 5.74) is 0. The van der Waals surface area contributed by atoms with Gasteiger partial charge in [0.15, 0.2) is 5.78 Å². The van der Waals surface area contributed by atoms with E-state index in [9.17, 15) is 22.8 Å². The molecule has 1 aliphatic rings. The van der Waals surface area contributed by atoms with Crippen LogP contribution in [-0.2, 0) is 14.3 Å². The summed E-state index contributed by atoms with van der Waals surface area (Å²) >= 11 is 0. The molecule has 0 N–H and O–H groups in total. The highest BCUT2D eigenvalue weighted by molar-refractivity contribution is 6.03. The fourth-order valence-electron chi connectivity index (χ4n) is 1.20. The Labute approximate surface area is 78.2 Å². The lowest BCUT2D eigenvalue weighted by Gasteiger charge is -2.08. The van der Waals surface area contributed by atoms with Crippen molar-refractivity contribution in [1.82, 2.24) is 0 Å². The van der Waals surface area contributed by atoms with E-state index in [0.717, 1.165) is 0 Å². The van der Waals surface area contributed by atoms with Crippen LogP contribution in [0.4, 0.5) is 13.2 Å². The van der Waals surface area contributed by atoms with Gasteiger partial charge in [-0.05, 0) is 12.8 Å². The fraction of sp³-hybridized carbons (Fsp3) is 0.750. The second-order valence-corrected chi connectivity index (χ2v) is 3.07. The fourth-order valence-corrected chi connectivity index (χ4v) is 1.20. The minimum absolute atomic E-state index is 0.372. The highest BCUT2D eigenvalue weighted by atomic mass is 19.4. The number of carbonyl (C=O) groups is 2. The van der Waals surface area contributed by atoms with Crippen molar-refractivity contribution < 1.29 is 27.5 Å². The maximum atomic E-state index is 11.8. The first-order valence-electron chi connectivity index (χ1n) is 4.15. The molecule has 1 unspecified atom stereocenters. The van der Waals surface area contributed by atoms with Crippen molar-refractivity contribution in [3.05, 3.63) is 0 Å². The molecular weight excluding hydrogens is 201 g/mol. The van der Waals surface area contributed by atoms with Crippen LogP contribution in [-0.4, -0.2) is 30.5 Å².